The van der Waals surface area contributed by atoms with Crippen LogP contribution in [0, 0.1) is 0 Å². The molecule has 0 amide bonds. The zero-order chi connectivity index (χ0) is 31.3. The first-order valence-electron chi connectivity index (χ1n) is 19.3. The summed E-state index contributed by atoms with van der Waals surface area (Å²) < 4.78 is 32.5. The third kappa shape index (κ3) is 27.5. The smallest absolute Gasteiger partial charge is 0.475 e. The predicted octanol–water partition coefficient (Wildman–Crippen LogP) is 9.57. The van der Waals surface area contributed by atoms with Gasteiger partial charge in [0, 0.05) is 12.8 Å². The number of hydrogen-bond acceptors (Lipinski definition) is 4. The van der Waals surface area contributed by atoms with Crippen LogP contribution in [0.5, 0.6) is 0 Å². The molecular formula is C37H77ClNO4P. The lowest BCUT2D eigenvalue weighted by molar-refractivity contribution is -0.896. The highest BCUT2D eigenvalue weighted by Crippen LogP contribution is 2.52. The average molecular weight is 666 g/mol. The molecule has 5 nitrogen and oxygen atoms in total. The third-order valence-electron chi connectivity index (χ3n) is 9.39. The lowest BCUT2D eigenvalue weighted by atomic mass is 10.0. The van der Waals surface area contributed by atoms with Crippen molar-refractivity contribution >= 4 is 7.82 Å². The van der Waals surface area contributed by atoms with E-state index in [0.717, 1.165) is 56.1 Å². The molecule has 1 saturated heterocycles. The summed E-state index contributed by atoms with van der Waals surface area (Å²) in [6, 6.07) is 0. The Morgan fingerprint density at radius 2 is 0.773 bits per heavy atom. The number of halogens is 1. The van der Waals surface area contributed by atoms with E-state index < -0.39 is 7.82 Å². The summed E-state index contributed by atoms with van der Waals surface area (Å²) >= 11 is 0. The number of quaternary nitrogens is 1. The molecular weight excluding hydrogens is 589 g/mol. The maximum atomic E-state index is 13.6. The van der Waals surface area contributed by atoms with E-state index in [0.29, 0.717) is 13.2 Å². The quantitative estimate of drug-likeness (QED) is 0.0408. The monoisotopic (exact) mass is 666 g/mol. The van der Waals surface area contributed by atoms with E-state index >= 15 is 0 Å². The largest absolute Gasteiger partial charge is 1.00 e. The summed E-state index contributed by atoms with van der Waals surface area (Å²) in [5, 5.41) is 0. The number of phosphoric ester groups is 1. The van der Waals surface area contributed by atoms with E-state index in [9.17, 15) is 4.57 Å². The first-order chi connectivity index (χ1) is 20.9. The number of piperidine rings is 1. The summed E-state index contributed by atoms with van der Waals surface area (Å²) in [5.74, 6) is 0. The number of unbranched alkanes of at least 4 members (excludes halogenated alkanes) is 24. The minimum atomic E-state index is -3.50. The van der Waals surface area contributed by atoms with Crippen LogP contribution in [-0.4, -0.2) is 51.0 Å². The van der Waals surface area contributed by atoms with Gasteiger partial charge in [0.05, 0.1) is 46.5 Å². The lowest BCUT2D eigenvalue weighted by Crippen LogP contribution is -3.00. The topological polar surface area (TPSA) is 44.8 Å². The molecule has 0 N–H and O–H groups in total. The van der Waals surface area contributed by atoms with Gasteiger partial charge >= 0.3 is 7.82 Å². The summed E-state index contributed by atoms with van der Waals surface area (Å²) in [7, 11) is 1.01. The molecule has 7 heteroatoms. The second kappa shape index (κ2) is 30.7. The Kier molecular flexibility index (Phi) is 30.9. The molecule has 44 heavy (non-hydrogen) atoms. The van der Waals surface area contributed by atoms with Crippen LogP contribution in [0.4, 0.5) is 0 Å². The van der Waals surface area contributed by atoms with Gasteiger partial charge in [-0.1, -0.05) is 168 Å². The normalized spacial score (nSPS) is 16.5. The SMILES string of the molecule is CCCCCCCCCCCCCCCCCCOP(=O)(OCCCCCCCCCCCC)OC1CC[N+](C)(C)CC1.[Cl-]. The van der Waals surface area contributed by atoms with Crippen LogP contribution in [0.1, 0.15) is 194 Å². The summed E-state index contributed by atoms with van der Waals surface area (Å²) in [5.41, 5.74) is 0. The molecule has 0 spiro atoms. The first kappa shape index (κ1) is 44.4. The number of nitrogens with zero attached hydrogens (tertiary/aromatic N) is 1. The Morgan fingerprint density at radius 1 is 0.500 bits per heavy atom. The highest BCUT2D eigenvalue weighted by molar-refractivity contribution is 7.48. The molecule has 0 aromatic rings. The van der Waals surface area contributed by atoms with E-state index in [2.05, 4.69) is 27.9 Å². The van der Waals surface area contributed by atoms with Crippen molar-refractivity contribution < 1.29 is 35.0 Å². The minimum Gasteiger partial charge on any atom is -1.00 e. The van der Waals surface area contributed by atoms with Crippen LogP contribution < -0.4 is 12.4 Å². The first-order valence-corrected chi connectivity index (χ1v) is 20.8. The van der Waals surface area contributed by atoms with Crippen LogP contribution in [0.25, 0.3) is 0 Å². The molecule has 1 rings (SSSR count). The van der Waals surface area contributed by atoms with E-state index in [4.69, 9.17) is 13.6 Å². The van der Waals surface area contributed by atoms with Crippen LogP contribution >= 0.6 is 7.82 Å². The maximum Gasteiger partial charge on any atom is 0.475 e. The van der Waals surface area contributed by atoms with Gasteiger partial charge in [-0.05, 0) is 12.8 Å². The van der Waals surface area contributed by atoms with Crippen molar-refractivity contribution in [3.8, 4) is 0 Å². The van der Waals surface area contributed by atoms with Crippen molar-refractivity contribution in [3.05, 3.63) is 0 Å². The number of rotatable bonds is 32. The number of phosphoric acid groups is 1. The molecule has 0 aromatic carbocycles. The Morgan fingerprint density at radius 3 is 1.07 bits per heavy atom. The van der Waals surface area contributed by atoms with E-state index in [-0.39, 0.29) is 18.5 Å². The van der Waals surface area contributed by atoms with Crippen molar-refractivity contribution in [3.63, 3.8) is 0 Å². The Balaban J connectivity index is 0.0000185. The van der Waals surface area contributed by atoms with Gasteiger partial charge in [-0.15, -0.1) is 0 Å². The molecule has 1 aliphatic heterocycles. The van der Waals surface area contributed by atoms with Crippen LogP contribution in [0.3, 0.4) is 0 Å². The molecule has 1 atom stereocenters. The van der Waals surface area contributed by atoms with Crippen molar-refractivity contribution in [2.45, 2.75) is 200 Å². The number of hydrogen-bond donors (Lipinski definition) is 0. The zero-order valence-corrected chi connectivity index (χ0v) is 31.8. The minimum absolute atomic E-state index is 0. The van der Waals surface area contributed by atoms with E-state index in [1.807, 2.05) is 0 Å². The lowest BCUT2D eigenvalue weighted by Gasteiger charge is -2.37. The van der Waals surface area contributed by atoms with Gasteiger partial charge in [0.25, 0.3) is 0 Å². The molecule has 266 valence electrons. The Hall–Kier alpha value is 0.360. The highest BCUT2D eigenvalue weighted by atomic mass is 35.5. The Labute approximate surface area is 282 Å². The van der Waals surface area contributed by atoms with Crippen molar-refractivity contribution in [1.82, 2.24) is 0 Å². The van der Waals surface area contributed by atoms with Gasteiger partial charge in [-0.3, -0.25) is 13.6 Å². The van der Waals surface area contributed by atoms with E-state index in [1.54, 1.807) is 0 Å². The highest BCUT2D eigenvalue weighted by Gasteiger charge is 2.35. The van der Waals surface area contributed by atoms with Crippen molar-refractivity contribution in [1.29, 1.82) is 0 Å². The fraction of sp³-hybridized carbons (Fsp3) is 1.00. The second-order valence-electron chi connectivity index (χ2n) is 14.3. The molecule has 0 aromatic heterocycles. The van der Waals surface area contributed by atoms with Gasteiger partial charge in [-0.25, -0.2) is 4.57 Å². The summed E-state index contributed by atoms with van der Waals surface area (Å²) in [4.78, 5) is 0. The predicted molar refractivity (Wildman–Crippen MR) is 187 cm³/mol. The molecule has 1 heterocycles. The molecule has 1 fully saturated rings. The molecule has 0 saturated carbocycles. The second-order valence-corrected chi connectivity index (χ2v) is 15.9. The molecule has 0 bridgehead atoms. The maximum absolute atomic E-state index is 13.6. The fourth-order valence-electron chi connectivity index (χ4n) is 6.22. The van der Waals surface area contributed by atoms with Gasteiger partial charge in [0.1, 0.15) is 0 Å². The van der Waals surface area contributed by atoms with Crippen LogP contribution in [0.15, 0.2) is 0 Å². The third-order valence-corrected chi connectivity index (χ3v) is 10.9. The van der Waals surface area contributed by atoms with Crippen molar-refractivity contribution in [2.75, 3.05) is 40.4 Å². The van der Waals surface area contributed by atoms with Gasteiger partial charge in [0.2, 0.25) is 0 Å². The number of likely N-dealkylation sites (tertiary alicyclic amines) is 1. The summed E-state index contributed by atoms with van der Waals surface area (Å²) in [6.07, 6.45) is 36.1. The fourth-order valence-corrected chi connectivity index (χ4v) is 7.70. The molecule has 1 aliphatic rings. The Bertz CT molecular complexity index is 641. The van der Waals surface area contributed by atoms with Crippen LogP contribution in [0.2, 0.25) is 0 Å². The molecule has 0 radical (unpaired) electrons. The standard InChI is InChI=1S/C37H77NO4P.ClH/c1-5-7-9-11-13-15-17-18-19-20-21-22-24-26-28-30-36-41-43(39,42-37-31-33-38(3,4)34-32-37)40-35-29-27-25-23-16-14-12-10-8-6-2;/h37H,5-36H2,1-4H3;1H/q+1;/p-1. The zero-order valence-electron chi connectivity index (χ0n) is 30.1. The van der Waals surface area contributed by atoms with Gasteiger partial charge < -0.3 is 16.9 Å². The molecule has 1 unspecified atom stereocenters. The van der Waals surface area contributed by atoms with Gasteiger partial charge in [0.15, 0.2) is 0 Å². The summed E-state index contributed by atoms with van der Waals surface area (Å²) in [6.45, 7) is 7.60. The molecule has 0 aliphatic carbocycles. The van der Waals surface area contributed by atoms with Crippen LogP contribution in [-0.2, 0) is 18.1 Å². The van der Waals surface area contributed by atoms with Gasteiger partial charge in [-0.2, -0.15) is 0 Å². The van der Waals surface area contributed by atoms with E-state index in [1.165, 1.54) is 141 Å². The van der Waals surface area contributed by atoms with Crippen molar-refractivity contribution in [2.24, 2.45) is 0 Å². The average Bonchev–Trinajstić information content (AvgIpc) is 2.98.